The van der Waals surface area contributed by atoms with Gasteiger partial charge in [0, 0.05) is 11.6 Å². The fraction of sp³-hybridized carbons (Fsp3) is 0.250. The summed E-state index contributed by atoms with van der Waals surface area (Å²) in [5.74, 6) is 0.123. The monoisotopic (exact) mass is 342 g/mol. The largest absolute Gasteiger partial charge is 0.322 e. The van der Waals surface area contributed by atoms with Crippen molar-refractivity contribution in [1.82, 2.24) is 25.0 Å². The molecule has 0 radical (unpaired) electrons. The van der Waals surface area contributed by atoms with E-state index in [0.717, 1.165) is 24.1 Å². The summed E-state index contributed by atoms with van der Waals surface area (Å²) in [6.45, 7) is 0.587. The normalized spacial score (nSPS) is 13.9. The van der Waals surface area contributed by atoms with Gasteiger partial charge in [0.2, 0.25) is 0 Å². The molecular weight excluding hydrogens is 328 g/mol. The highest BCUT2D eigenvalue weighted by molar-refractivity contribution is 6.33. The average Bonchev–Trinajstić information content (AvgIpc) is 3.14. The van der Waals surface area contributed by atoms with Gasteiger partial charge in [0.15, 0.2) is 5.15 Å². The molecule has 2 N–H and O–H groups in total. The fourth-order valence-corrected chi connectivity index (χ4v) is 2.89. The Morgan fingerprint density at radius 3 is 3.04 bits per heavy atom. The quantitative estimate of drug-likeness (QED) is 0.746. The van der Waals surface area contributed by atoms with E-state index >= 15 is 0 Å². The first kappa shape index (κ1) is 14.9. The minimum Gasteiger partial charge on any atom is -0.322 e. The van der Waals surface area contributed by atoms with Gasteiger partial charge in [0.1, 0.15) is 12.7 Å². The Balaban J connectivity index is 1.53. The van der Waals surface area contributed by atoms with Gasteiger partial charge in [0.25, 0.3) is 5.91 Å². The van der Waals surface area contributed by atoms with Crippen molar-refractivity contribution >= 4 is 23.2 Å². The second kappa shape index (κ2) is 6.09. The molecule has 0 bridgehead atoms. The molecule has 0 saturated heterocycles. The van der Waals surface area contributed by atoms with Gasteiger partial charge in [0.05, 0.1) is 17.8 Å². The van der Waals surface area contributed by atoms with E-state index < -0.39 is 0 Å². The number of halogens is 1. The smallest absolute Gasteiger partial charge is 0.260 e. The Morgan fingerprint density at radius 2 is 2.29 bits per heavy atom. The maximum atomic E-state index is 12.6. The van der Waals surface area contributed by atoms with Gasteiger partial charge in [-0.15, -0.1) is 0 Å². The molecule has 8 heteroatoms. The van der Waals surface area contributed by atoms with Crippen LogP contribution in [-0.4, -0.2) is 30.9 Å². The zero-order valence-electron chi connectivity index (χ0n) is 12.7. The van der Waals surface area contributed by atoms with E-state index in [0.29, 0.717) is 23.7 Å². The second-order valence-corrected chi connectivity index (χ2v) is 6.18. The van der Waals surface area contributed by atoms with Crippen LogP contribution >= 0.6 is 11.6 Å². The van der Waals surface area contributed by atoms with Crippen LogP contribution in [0.15, 0.2) is 36.9 Å². The Labute approximate surface area is 143 Å². The Kier molecular flexibility index (Phi) is 3.78. The second-order valence-electron chi connectivity index (χ2n) is 5.82. The van der Waals surface area contributed by atoms with Gasteiger partial charge >= 0.3 is 0 Å². The van der Waals surface area contributed by atoms with E-state index in [2.05, 4.69) is 25.6 Å². The van der Waals surface area contributed by atoms with E-state index in [-0.39, 0.29) is 11.1 Å². The average molecular weight is 343 g/mol. The third-order valence-electron chi connectivity index (χ3n) is 3.96. The molecule has 2 aromatic heterocycles. The molecule has 24 heavy (non-hydrogen) atoms. The van der Waals surface area contributed by atoms with Crippen molar-refractivity contribution in [2.45, 2.75) is 25.3 Å². The van der Waals surface area contributed by atoms with Crippen molar-refractivity contribution in [3.05, 3.63) is 58.9 Å². The van der Waals surface area contributed by atoms with Gasteiger partial charge in [-0.3, -0.25) is 9.89 Å². The van der Waals surface area contributed by atoms with Gasteiger partial charge < -0.3 is 5.32 Å². The fourth-order valence-electron chi connectivity index (χ4n) is 2.66. The maximum Gasteiger partial charge on any atom is 0.260 e. The number of H-pyrrole nitrogens is 1. The van der Waals surface area contributed by atoms with Crippen LogP contribution in [0.3, 0.4) is 0 Å². The predicted molar refractivity (Wildman–Crippen MR) is 89.1 cm³/mol. The van der Waals surface area contributed by atoms with Crippen LogP contribution in [0.25, 0.3) is 0 Å². The zero-order valence-corrected chi connectivity index (χ0v) is 13.5. The number of anilines is 1. The van der Waals surface area contributed by atoms with Crippen molar-refractivity contribution in [3.63, 3.8) is 0 Å². The topological polar surface area (TPSA) is 88.5 Å². The zero-order chi connectivity index (χ0) is 16.5. The van der Waals surface area contributed by atoms with Gasteiger partial charge in [-0.25, -0.2) is 9.67 Å². The highest BCUT2D eigenvalue weighted by atomic mass is 35.5. The standard InChI is InChI=1S/C16H15ClN6O/c17-15-13(14(21-22-15)11-4-5-11)16(24)20-12-3-1-2-10(6-12)7-23-9-18-8-19-23/h1-3,6,8-9,11H,4-5,7H2,(H,20,24)(H,21,22). The molecule has 3 aromatic rings. The van der Waals surface area contributed by atoms with Crippen molar-refractivity contribution in [2.24, 2.45) is 0 Å². The summed E-state index contributed by atoms with van der Waals surface area (Å²) < 4.78 is 1.72. The number of carbonyl (C=O) groups excluding carboxylic acids is 1. The molecule has 2 heterocycles. The molecule has 7 nitrogen and oxygen atoms in total. The Bertz CT molecular complexity index is 869. The molecular formula is C16H15ClN6O. The lowest BCUT2D eigenvalue weighted by atomic mass is 10.1. The van der Waals surface area contributed by atoms with Crippen LogP contribution in [0, 0.1) is 0 Å². The van der Waals surface area contributed by atoms with Gasteiger partial charge in [-0.05, 0) is 30.5 Å². The van der Waals surface area contributed by atoms with Crippen LogP contribution in [-0.2, 0) is 6.54 Å². The summed E-state index contributed by atoms with van der Waals surface area (Å²) in [4.78, 5) is 16.5. The van der Waals surface area contributed by atoms with E-state index in [1.165, 1.54) is 6.33 Å². The van der Waals surface area contributed by atoms with E-state index in [4.69, 9.17) is 11.6 Å². The first-order valence-electron chi connectivity index (χ1n) is 7.67. The summed E-state index contributed by atoms with van der Waals surface area (Å²) >= 11 is 6.08. The molecule has 1 aliphatic carbocycles. The number of nitrogens with zero attached hydrogens (tertiary/aromatic N) is 4. The first-order chi connectivity index (χ1) is 11.7. The number of nitrogens with one attached hydrogen (secondary N) is 2. The number of aromatic nitrogens is 5. The van der Waals surface area contributed by atoms with Crippen molar-refractivity contribution in [3.8, 4) is 0 Å². The van der Waals surface area contributed by atoms with E-state index in [1.54, 1.807) is 11.0 Å². The summed E-state index contributed by atoms with van der Waals surface area (Å²) in [6.07, 6.45) is 5.27. The molecule has 1 aromatic carbocycles. The lowest BCUT2D eigenvalue weighted by Gasteiger charge is -2.08. The number of rotatable bonds is 5. The van der Waals surface area contributed by atoms with Gasteiger partial charge in [-0.1, -0.05) is 23.7 Å². The predicted octanol–water partition coefficient (Wildman–Crippen LogP) is 2.83. The molecule has 4 rings (SSSR count). The number of benzene rings is 1. The SMILES string of the molecule is O=C(Nc1cccc(Cn2cncn2)c1)c1c(Cl)n[nH]c1C1CC1. The third kappa shape index (κ3) is 3.03. The minimum atomic E-state index is -0.242. The number of hydrogen-bond acceptors (Lipinski definition) is 4. The van der Waals surface area contributed by atoms with Crippen LogP contribution in [0.1, 0.15) is 40.4 Å². The van der Waals surface area contributed by atoms with Crippen LogP contribution < -0.4 is 5.32 Å². The Morgan fingerprint density at radius 1 is 1.42 bits per heavy atom. The highest BCUT2D eigenvalue weighted by Crippen LogP contribution is 2.42. The molecule has 0 aliphatic heterocycles. The van der Waals surface area contributed by atoms with Crippen molar-refractivity contribution < 1.29 is 4.79 Å². The summed E-state index contributed by atoms with van der Waals surface area (Å²) in [5, 5.41) is 14.0. The lowest BCUT2D eigenvalue weighted by molar-refractivity contribution is 0.102. The summed E-state index contributed by atoms with van der Waals surface area (Å²) in [6, 6.07) is 7.61. The van der Waals surface area contributed by atoms with E-state index in [9.17, 15) is 4.79 Å². The van der Waals surface area contributed by atoms with Gasteiger partial charge in [-0.2, -0.15) is 10.2 Å². The van der Waals surface area contributed by atoms with Crippen molar-refractivity contribution in [2.75, 3.05) is 5.32 Å². The lowest BCUT2D eigenvalue weighted by Crippen LogP contribution is -2.14. The highest BCUT2D eigenvalue weighted by Gasteiger charge is 2.32. The maximum absolute atomic E-state index is 12.6. The molecule has 1 saturated carbocycles. The molecule has 0 spiro atoms. The number of amides is 1. The third-order valence-corrected chi connectivity index (χ3v) is 4.23. The van der Waals surface area contributed by atoms with Crippen LogP contribution in [0.2, 0.25) is 5.15 Å². The van der Waals surface area contributed by atoms with Crippen LogP contribution in [0.5, 0.6) is 0 Å². The van der Waals surface area contributed by atoms with Crippen LogP contribution in [0.4, 0.5) is 5.69 Å². The van der Waals surface area contributed by atoms with Crippen molar-refractivity contribution in [1.29, 1.82) is 0 Å². The van der Waals surface area contributed by atoms with E-state index in [1.807, 2.05) is 24.3 Å². The summed E-state index contributed by atoms with van der Waals surface area (Å²) in [7, 11) is 0. The summed E-state index contributed by atoms with van der Waals surface area (Å²) in [5.41, 5.74) is 2.99. The number of carbonyl (C=O) groups is 1. The molecule has 0 unspecified atom stereocenters. The number of aromatic amines is 1. The molecule has 122 valence electrons. The Hall–Kier alpha value is -2.67. The minimum absolute atomic E-state index is 0.216. The molecule has 1 aliphatic rings. The molecule has 1 fully saturated rings. The molecule has 0 atom stereocenters. The molecule has 1 amide bonds. The number of hydrogen-bond donors (Lipinski definition) is 2. The first-order valence-corrected chi connectivity index (χ1v) is 8.05.